The summed E-state index contributed by atoms with van der Waals surface area (Å²) in [7, 11) is 0. The van der Waals surface area contributed by atoms with E-state index in [-0.39, 0.29) is 0 Å². The van der Waals surface area contributed by atoms with Crippen LogP contribution < -0.4 is 0 Å². The van der Waals surface area contributed by atoms with Gasteiger partial charge in [0, 0.05) is 0 Å². The molecule has 0 aliphatic heterocycles. The molecule has 0 saturated heterocycles. The Labute approximate surface area is 95.2 Å². The summed E-state index contributed by atoms with van der Waals surface area (Å²) >= 11 is 1.78. The molecule has 80 valence electrons. The van der Waals surface area contributed by atoms with Gasteiger partial charge in [-0.25, -0.2) is 4.98 Å². The molecule has 2 rings (SSSR count). The minimum Gasteiger partial charge on any atom is -0.242 e. The smallest absolute Gasteiger partial charge is 0.0907 e. The number of hydrogen-bond acceptors (Lipinski definition) is 2. The van der Waals surface area contributed by atoms with E-state index in [0.717, 1.165) is 5.01 Å². The normalized spacial score (nSPS) is 11.5. The van der Waals surface area contributed by atoms with E-state index in [1.54, 1.807) is 11.3 Å². The Morgan fingerprint density at radius 2 is 2.00 bits per heavy atom. The first-order chi connectivity index (χ1) is 7.24. The lowest BCUT2D eigenvalue weighted by Crippen LogP contribution is -1.94. The maximum absolute atomic E-state index is 4.54. The van der Waals surface area contributed by atoms with E-state index in [1.807, 2.05) is 0 Å². The summed E-state index contributed by atoms with van der Waals surface area (Å²) in [6.45, 7) is 6.58. The largest absolute Gasteiger partial charge is 0.242 e. The standard InChI is InChI=1S/C13H17NS/c1-4-10(5-2)11-6-7-13-12(8-11)14-9(3)15-13/h6-8,10H,4-5H2,1-3H3. The molecule has 1 aromatic carbocycles. The summed E-state index contributed by atoms with van der Waals surface area (Å²) in [4.78, 5) is 4.54. The Balaban J connectivity index is 2.45. The number of thiazole rings is 1. The zero-order valence-electron chi connectivity index (χ0n) is 9.58. The zero-order valence-corrected chi connectivity index (χ0v) is 10.4. The SMILES string of the molecule is CCC(CC)c1ccc2sc(C)nc2c1. The van der Waals surface area contributed by atoms with E-state index in [2.05, 4.69) is 44.0 Å². The first-order valence-electron chi connectivity index (χ1n) is 5.61. The summed E-state index contributed by atoms with van der Waals surface area (Å²) in [5.74, 6) is 0.691. The van der Waals surface area contributed by atoms with Crippen molar-refractivity contribution in [3.63, 3.8) is 0 Å². The molecule has 0 bridgehead atoms. The summed E-state index contributed by atoms with van der Waals surface area (Å²) in [5.41, 5.74) is 2.61. The van der Waals surface area contributed by atoms with Crippen molar-refractivity contribution < 1.29 is 0 Å². The van der Waals surface area contributed by atoms with Crippen LogP contribution in [0.2, 0.25) is 0 Å². The third-order valence-electron chi connectivity index (χ3n) is 2.98. The van der Waals surface area contributed by atoms with Crippen molar-refractivity contribution in [3.05, 3.63) is 28.8 Å². The van der Waals surface area contributed by atoms with Gasteiger partial charge in [0.1, 0.15) is 0 Å². The van der Waals surface area contributed by atoms with Crippen molar-refractivity contribution in [2.75, 3.05) is 0 Å². The second kappa shape index (κ2) is 4.31. The van der Waals surface area contributed by atoms with Crippen LogP contribution in [0.25, 0.3) is 10.2 Å². The van der Waals surface area contributed by atoms with Gasteiger partial charge in [0.2, 0.25) is 0 Å². The Hall–Kier alpha value is -0.890. The number of hydrogen-bond donors (Lipinski definition) is 0. The quantitative estimate of drug-likeness (QED) is 0.740. The molecule has 1 heterocycles. The highest BCUT2D eigenvalue weighted by Gasteiger charge is 2.08. The molecule has 0 radical (unpaired) electrons. The number of rotatable bonds is 3. The minimum absolute atomic E-state index is 0.691. The van der Waals surface area contributed by atoms with Gasteiger partial charge in [0.15, 0.2) is 0 Å². The summed E-state index contributed by atoms with van der Waals surface area (Å²) < 4.78 is 1.31. The van der Waals surface area contributed by atoms with Crippen LogP contribution in [0, 0.1) is 6.92 Å². The Kier molecular flexibility index (Phi) is 3.06. The van der Waals surface area contributed by atoms with Crippen molar-refractivity contribution in [1.29, 1.82) is 0 Å². The molecular formula is C13H17NS. The highest BCUT2D eigenvalue weighted by atomic mass is 32.1. The highest BCUT2D eigenvalue weighted by Crippen LogP contribution is 2.28. The monoisotopic (exact) mass is 219 g/mol. The fraction of sp³-hybridized carbons (Fsp3) is 0.462. The van der Waals surface area contributed by atoms with Crippen LogP contribution in [0.4, 0.5) is 0 Å². The van der Waals surface area contributed by atoms with Crippen LogP contribution in [-0.2, 0) is 0 Å². The predicted molar refractivity (Wildman–Crippen MR) is 67.7 cm³/mol. The molecular weight excluding hydrogens is 202 g/mol. The average Bonchev–Trinajstić information content (AvgIpc) is 2.59. The molecule has 0 saturated carbocycles. The molecule has 1 nitrogen and oxygen atoms in total. The molecule has 0 spiro atoms. The van der Waals surface area contributed by atoms with E-state index in [9.17, 15) is 0 Å². The molecule has 1 aromatic heterocycles. The topological polar surface area (TPSA) is 12.9 Å². The second-order valence-corrected chi connectivity index (χ2v) is 5.21. The maximum atomic E-state index is 4.54. The average molecular weight is 219 g/mol. The number of nitrogens with zero attached hydrogens (tertiary/aromatic N) is 1. The van der Waals surface area contributed by atoms with Gasteiger partial charge in [0.25, 0.3) is 0 Å². The molecule has 0 unspecified atom stereocenters. The molecule has 0 aliphatic carbocycles. The third kappa shape index (κ3) is 2.05. The first kappa shape index (κ1) is 10.6. The lowest BCUT2D eigenvalue weighted by molar-refractivity contribution is 0.642. The number of fused-ring (bicyclic) bond motifs is 1. The molecule has 0 fully saturated rings. The third-order valence-corrected chi connectivity index (χ3v) is 3.93. The van der Waals surface area contributed by atoms with E-state index in [4.69, 9.17) is 0 Å². The van der Waals surface area contributed by atoms with Crippen molar-refractivity contribution in [1.82, 2.24) is 4.98 Å². The van der Waals surface area contributed by atoms with Gasteiger partial charge in [-0.05, 0) is 43.4 Å². The Bertz CT molecular complexity index is 455. The number of aryl methyl sites for hydroxylation is 1. The van der Waals surface area contributed by atoms with E-state index in [0.29, 0.717) is 5.92 Å². The molecule has 2 aromatic rings. The fourth-order valence-electron chi connectivity index (χ4n) is 2.07. The Morgan fingerprint density at radius 1 is 1.27 bits per heavy atom. The van der Waals surface area contributed by atoms with Crippen LogP contribution >= 0.6 is 11.3 Å². The van der Waals surface area contributed by atoms with Gasteiger partial charge in [-0.15, -0.1) is 11.3 Å². The lowest BCUT2D eigenvalue weighted by Gasteiger charge is -2.12. The van der Waals surface area contributed by atoms with Crippen LogP contribution in [0.5, 0.6) is 0 Å². The van der Waals surface area contributed by atoms with Crippen LogP contribution in [0.3, 0.4) is 0 Å². The summed E-state index contributed by atoms with van der Waals surface area (Å²) in [6, 6.07) is 6.74. The lowest BCUT2D eigenvalue weighted by atomic mass is 9.94. The van der Waals surface area contributed by atoms with Crippen molar-refractivity contribution in [3.8, 4) is 0 Å². The molecule has 0 atom stereocenters. The predicted octanol–water partition coefficient (Wildman–Crippen LogP) is 4.51. The highest BCUT2D eigenvalue weighted by molar-refractivity contribution is 7.18. The van der Waals surface area contributed by atoms with E-state index >= 15 is 0 Å². The maximum Gasteiger partial charge on any atom is 0.0907 e. The van der Waals surface area contributed by atoms with E-state index < -0.39 is 0 Å². The van der Waals surface area contributed by atoms with Gasteiger partial charge >= 0.3 is 0 Å². The molecule has 15 heavy (non-hydrogen) atoms. The van der Waals surface area contributed by atoms with Crippen molar-refractivity contribution >= 4 is 21.6 Å². The van der Waals surface area contributed by atoms with Crippen LogP contribution in [0.1, 0.15) is 43.2 Å². The van der Waals surface area contributed by atoms with Crippen molar-refractivity contribution in [2.24, 2.45) is 0 Å². The van der Waals surface area contributed by atoms with Crippen molar-refractivity contribution in [2.45, 2.75) is 39.5 Å². The Morgan fingerprint density at radius 3 is 2.67 bits per heavy atom. The van der Waals surface area contributed by atoms with E-state index in [1.165, 1.54) is 28.6 Å². The minimum atomic E-state index is 0.691. The van der Waals surface area contributed by atoms with Gasteiger partial charge < -0.3 is 0 Å². The number of aromatic nitrogens is 1. The second-order valence-electron chi connectivity index (χ2n) is 3.97. The first-order valence-corrected chi connectivity index (χ1v) is 6.43. The fourth-order valence-corrected chi connectivity index (χ4v) is 2.88. The number of benzene rings is 1. The summed E-state index contributed by atoms with van der Waals surface area (Å²) in [5, 5.41) is 1.16. The summed E-state index contributed by atoms with van der Waals surface area (Å²) in [6.07, 6.45) is 2.43. The van der Waals surface area contributed by atoms with Gasteiger partial charge in [-0.2, -0.15) is 0 Å². The molecule has 0 N–H and O–H groups in total. The van der Waals surface area contributed by atoms with Gasteiger partial charge in [-0.3, -0.25) is 0 Å². The molecule has 2 heteroatoms. The van der Waals surface area contributed by atoms with Gasteiger partial charge in [0.05, 0.1) is 15.2 Å². The van der Waals surface area contributed by atoms with Crippen LogP contribution in [-0.4, -0.2) is 4.98 Å². The zero-order chi connectivity index (χ0) is 10.8. The molecule has 0 aliphatic rings. The van der Waals surface area contributed by atoms with Crippen LogP contribution in [0.15, 0.2) is 18.2 Å². The van der Waals surface area contributed by atoms with Gasteiger partial charge in [-0.1, -0.05) is 19.9 Å². The molecule has 0 amide bonds.